The average Bonchev–Trinajstić information content (AvgIpc) is 2.67. The van der Waals surface area contributed by atoms with Crippen LogP contribution in [-0.4, -0.2) is 60.4 Å². The lowest BCUT2D eigenvalue weighted by Crippen LogP contribution is -2.49. The van der Waals surface area contributed by atoms with Crippen molar-refractivity contribution in [3.63, 3.8) is 0 Å². The number of β-amino-alcohol motifs (C(OH)–C–C–N with tert-alkyl or cyclic N) is 1. The van der Waals surface area contributed by atoms with Crippen LogP contribution in [0.1, 0.15) is 30.9 Å². The van der Waals surface area contributed by atoms with Crippen LogP contribution in [0.2, 0.25) is 0 Å². The van der Waals surface area contributed by atoms with Gasteiger partial charge in [0.2, 0.25) is 0 Å². The third-order valence-corrected chi connectivity index (χ3v) is 5.04. The van der Waals surface area contributed by atoms with Gasteiger partial charge in [-0.15, -0.1) is 0 Å². The summed E-state index contributed by atoms with van der Waals surface area (Å²) >= 11 is 0. The van der Waals surface area contributed by atoms with Gasteiger partial charge in [-0.1, -0.05) is 32.0 Å². The Morgan fingerprint density at radius 3 is 2.56 bits per heavy atom. The quantitative estimate of drug-likeness (QED) is 0.813. The number of ether oxygens (including phenoxy) is 1. The monoisotopic (exact) mass is 369 g/mol. The molecule has 0 saturated carbocycles. The van der Waals surface area contributed by atoms with Crippen molar-refractivity contribution in [2.45, 2.75) is 32.8 Å². The molecule has 1 aromatic heterocycles. The predicted octanol–water partition coefficient (Wildman–Crippen LogP) is 3.08. The van der Waals surface area contributed by atoms with E-state index in [0.717, 1.165) is 37.7 Å². The molecule has 1 aliphatic heterocycles. The van der Waals surface area contributed by atoms with Gasteiger partial charge in [0.1, 0.15) is 24.3 Å². The molecule has 0 spiro atoms. The third-order valence-electron chi connectivity index (χ3n) is 5.04. The Labute approximate surface area is 162 Å². The molecule has 0 unspecified atom stereocenters. The topological polar surface area (TPSA) is 48.8 Å². The summed E-state index contributed by atoms with van der Waals surface area (Å²) in [5, 5.41) is 10.5. The highest BCUT2D eigenvalue weighted by Gasteiger charge is 2.20. The van der Waals surface area contributed by atoms with Crippen LogP contribution in [0.5, 0.6) is 5.75 Å². The molecule has 1 atom stereocenters. The number of aryl methyl sites for hydroxylation is 1. The van der Waals surface area contributed by atoms with Crippen LogP contribution >= 0.6 is 0 Å². The van der Waals surface area contributed by atoms with E-state index in [1.165, 1.54) is 11.1 Å². The number of rotatable bonds is 7. The lowest BCUT2D eigenvalue weighted by Gasteiger charge is -2.36. The molecule has 0 bridgehead atoms. The number of hydrogen-bond acceptors (Lipinski definition) is 5. The first-order chi connectivity index (χ1) is 13.0. The molecule has 5 nitrogen and oxygen atoms in total. The van der Waals surface area contributed by atoms with Crippen molar-refractivity contribution in [1.29, 1.82) is 0 Å². The molecular weight excluding hydrogens is 338 g/mol. The second kappa shape index (κ2) is 9.20. The Bertz CT molecular complexity index is 713. The Morgan fingerprint density at radius 1 is 1.11 bits per heavy atom. The van der Waals surface area contributed by atoms with Gasteiger partial charge in [0.15, 0.2) is 0 Å². The van der Waals surface area contributed by atoms with Crippen LogP contribution in [0.3, 0.4) is 0 Å². The molecule has 1 aromatic carbocycles. The van der Waals surface area contributed by atoms with Crippen LogP contribution in [0.15, 0.2) is 42.6 Å². The van der Waals surface area contributed by atoms with Crippen molar-refractivity contribution in [3.05, 3.63) is 53.7 Å². The van der Waals surface area contributed by atoms with Crippen molar-refractivity contribution in [2.75, 3.05) is 44.2 Å². The molecule has 5 heteroatoms. The van der Waals surface area contributed by atoms with Gasteiger partial charge in [-0.25, -0.2) is 4.98 Å². The van der Waals surface area contributed by atoms with E-state index in [9.17, 15) is 5.11 Å². The van der Waals surface area contributed by atoms with E-state index in [2.05, 4.69) is 53.8 Å². The molecule has 0 radical (unpaired) electrons. The van der Waals surface area contributed by atoms with Gasteiger partial charge in [-0.3, -0.25) is 4.90 Å². The molecule has 0 aliphatic carbocycles. The zero-order valence-electron chi connectivity index (χ0n) is 16.6. The van der Waals surface area contributed by atoms with Crippen LogP contribution in [0.25, 0.3) is 0 Å². The number of piperazine rings is 1. The Balaban J connectivity index is 1.47. The number of benzene rings is 1. The first-order valence-electron chi connectivity index (χ1n) is 9.82. The number of aliphatic hydroxyl groups excluding tert-OH is 1. The van der Waals surface area contributed by atoms with Gasteiger partial charge in [0, 0.05) is 38.9 Å². The number of aromatic nitrogens is 1. The summed E-state index contributed by atoms with van der Waals surface area (Å²) in [6, 6.07) is 12.3. The van der Waals surface area contributed by atoms with Crippen LogP contribution in [0.4, 0.5) is 5.82 Å². The fourth-order valence-corrected chi connectivity index (χ4v) is 3.48. The minimum absolute atomic E-state index is 0.323. The normalized spacial score (nSPS) is 16.6. The first-order valence-corrected chi connectivity index (χ1v) is 9.82. The number of hydrogen-bond donors (Lipinski definition) is 1. The van der Waals surface area contributed by atoms with Crippen LogP contribution in [-0.2, 0) is 0 Å². The van der Waals surface area contributed by atoms with Crippen molar-refractivity contribution in [2.24, 2.45) is 0 Å². The third kappa shape index (κ3) is 5.44. The lowest BCUT2D eigenvalue weighted by atomic mass is 10.0. The standard InChI is InChI=1S/C22H31N3O2/c1-17(2)20-8-7-18(3)14-21(20)27-16-19(26)15-24-10-12-25(13-11-24)22-6-4-5-9-23-22/h4-9,14,17,19,26H,10-13,15-16H2,1-3H3/t19-/m1/s1. The zero-order chi connectivity index (χ0) is 19.2. The number of pyridine rings is 1. The molecule has 1 aliphatic rings. The molecular formula is C22H31N3O2. The molecule has 1 N–H and O–H groups in total. The SMILES string of the molecule is Cc1ccc(C(C)C)c(OC[C@H](O)CN2CCN(c3ccccn3)CC2)c1. The highest BCUT2D eigenvalue weighted by Crippen LogP contribution is 2.27. The second-order valence-corrected chi connectivity index (χ2v) is 7.64. The van der Waals surface area contributed by atoms with Crippen LogP contribution < -0.4 is 9.64 Å². The molecule has 27 heavy (non-hydrogen) atoms. The zero-order valence-corrected chi connectivity index (χ0v) is 16.6. The lowest BCUT2D eigenvalue weighted by molar-refractivity contribution is 0.0658. The molecule has 1 saturated heterocycles. The molecule has 2 aromatic rings. The first kappa shape index (κ1) is 19.6. The van der Waals surface area contributed by atoms with Gasteiger partial charge in [-0.2, -0.15) is 0 Å². The maximum Gasteiger partial charge on any atom is 0.128 e. The number of anilines is 1. The number of aliphatic hydroxyl groups is 1. The van der Waals surface area contributed by atoms with Crippen molar-refractivity contribution in [3.8, 4) is 5.75 Å². The van der Waals surface area contributed by atoms with Gasteiger partial charge in [0.05, 0.1) is 0 Å². The Kier molecular flexibility index (Phi) is 6.69. The van der Waals surface area contributed by atoms with Crippen molar-refractivity contribution in [1.82, 2.24) is 9.88 Å². The Hall–Kier alpha value is -2.11. The van der Waals surface area contributed by atoms with E-state index in [0.29, 0.717) is 19.1 Å². The molecule has 1 fully saturated rings. The van der Waals surface area contributed by atoms with Crippen molar-refractivity contribution >= 4 is 5.82 Å². The summed E-state index contributed by atoms with van der Waals surface area (Å²) in [6.07, 6.45) is 1.34. The predicted molar refractivity (Wildman–Crippen MR) is 110 cm³/mol. The van der Waals surface area contributed by atoms with Crippen molar-refractivity contribution < 1.29 is 9.84 Å². The minimum atomic E-state index is -0.494. The number of nitrogens with zero attached hydrogens (tertiary/aromatic N) is 3. The summed E-state index contributed by atoms with van der Waals surface area (Å²) in [6.45, 7) is 11.1. The summed E-state index contributed by atoms with van der Waals surface area (Å²) < 4.78 is 5.98. The molecule has 2 heterocycles. The van der Waals surface area contributed by atoms with E-state index in [1.807, 2.05) is 24.4 Å². The van der Waals surface area contributed by atoms with E-state index < -0.39 is 6.10 Å². The smallest absolute Gasteiger partial charge is 0.128 e. The van der Waals surface area contributed by atoms with Gasteiger partial charge >= 0.3 is 0 Å². The molecule has 3 rings (SSSR count). The maximum absolute atomic E-state index is 10.5. The summed E-state index contributed by atoms with van der Waals surface area (Å²) in [5.74, 6) is 2.32. The minimum Gasteiger partial charge on any atom is -0.491 e. The van der Waals surface area contributed by atoms with E-state index >= 15 is 0 Å². The largest absolute Gasteiger partial charge is 0.491 e. The second-order valence-electron chi connectivity index (χ2n) is 7.64. The molecule has 146 valence electrons. The van der Waals surface area contributed by atoms with E-state index in [1.54, 1.807) is 0 Å². The van der Waals surface area contributed by atoms with E-state index in [-0.39, 0.29) is 0 Å². The fourth-order valence-electron chi connectivity index (χ4n) is 3.48. The highest BCUT2D eigenvalue weighted by molar-refractivity contribution is 5.39. The maximum atomic E-state index is 10.5. The Morgan fingerprint density at radius 2 is 1.89 bits per heavy atom. The van der Waals surface area contributed by atoms with Gasteiger partial charge in [0.25, 0.3) is 0 Å². The highest BCUT2D eigenvalue weighted by atomic mass is 16.5. The van der Waals surface area contributed by atoms with Gasteiger partial charge in [-0.05, 0) is 42.2 Å². The van der Waals surface area contributed by atoms with Crippen LogP contribution in [0, 0.1) is 6.92 Å². The summed E-state index contributed by atoms with van der Waals surface area (Å²) in [5.41, 5.74) is 2.37. The van der Waals surface area contributed by atoms with Gasteiger partial charge < -0.3 is 14.7 Å². The van der Waals surface area contributed by atoms with E-state index in [4.69, 9.17) is 4.74 Å². The molecule has 0 amide bonds. The summed E-state index contributed by atoms with van der Waals surface area (Å²) in [7, 11) is 0. The average molecular weight is 370 g/mol. The summed E-state index contributed by atoms with van der Waals surface area (Å²) in [4.78, 5) is 9.01. The fraction of sp³-hybridized carbons (Fsp3) is 0.500.